The van der Waals surface area contributed by atoms with Crippen LogP contribution in [0.15, 0.2) is 12.1 Å². The molecular weight excluding hydrogens is 248 g/mol. The number of carbonyl (C=O) groups is 1. The molecule has 0 N–H and O–H groups in total. The van der Waals surface area contributed by atoms with E-state index in [1.807, 2.05) is 0 Å². The number of benzene rings is 1. The fraction of sp³-hybridized carbons (Fsp3) is 0.400. The van der Waals surface area contributed by atoms with Crippen molar-refractivity contribution in [2.45, 2.75) is 19.8 Å². The summed E-state index contributed by atoms with van der Waals surface area (Å²) < 4.78 is 26.9. The number of amides is 1. The van der Waals surface area contributed by atoms with Crippen LogP contribution in [0, 0.1) is 36.8 Å². The molecule has 100 valence electrons. The van der Waals surface area contributed by atoms with E-state index in [4.69, 9.17) is 6.42 Å². The van der Waals surface area contributed by atoms with Crippen molar-refractivity contribution in [1.29, 1.82) is 0 Å². The molecule has 1 aliphatic rings. The highest BCUT2D eigenvalue weighted by Crippen LogP contribution is 2.30. The van der Waals surface area contributed by atoms with Crippen LogP contribution in [0.2, 0.25) is 0 Å². The van der Waals surface area contributed by atoms with E-state index in [0.29, 0.717) is 12.5 Å². The molecule has 2 nitrogen and oxygen atoms in total. The number of carbonyl (C=O) groups excluding carboxylic acids is 1. The van der Waals surface area contributed by atoms with E-state index < -0.39 is 17.5 Å². The number of terminal acetylenes is 1. The lowest BCUT2D eigenvalue weighted by molar-refractivity contribution is 0.0765. The van der Waals surface area contributed by atoms with Gasteiger partial charge in [0.25, 0.3) is 5.91 Å². The summed E-state index contributed by atoms with van der Waals surface area (Å²) in [6.07, 6.45) is 7.37. The molecule has 19 heavy (non-hydrogen) atoms. The number of halogens is 2. The molecular formula is C15H15F2NO. The molecule has 0 spiro atoms. The molecule has 0 aliphatic heterocycles. The lowest BCUT2D eigenvalue weighted by atomic mass is 10.1. The first-order valence-electron chi connectivity index (χ1n) is 6.21. The molecule has 1 aromatic carbocycles. The summed E-state index contributed by atoms with van der Waals surface area (Å²) in [6, 6.07) is 1.98. The van der Waals surface area contributed by atoms with Gasteiger partial charge in [0, 0.05) is 12.6 Å². The fourth-order valence-corrected chi connectivity index (χ4v) is 1.93. The Morgan fingerprint density at radius 3 is 2.68 bits per heavy atom. The zero-order valence-corrected chi connectivity index (χ0v) is 10.7. The molecule has 0 atom stereocenters. The number of rotatable bonds is 4. The Morgan fingerprint density at radius 2 is 2.11 bits per heavy atom. The third-order valence-electron chi connectivity index (χ3n) is 3.22. The van der Waals surface area contributed by atoms with Crippen molar-refractivity contribution in [1.82, 2.24) is 4.90 Å². The molecule has 1 amide bonds. The Kier molecular flexibility index (Phi) is 3.84. The molecule has 0 aromatic heterocycles. The number of nitrogens with zero attached hydrogens (tertiary/aromatic N) is 1. The minimum absolute atomic E-state index is 0.116. The lowest BCUT2D eigenvalue weighted by Gasteiger charge is -2.20. The first kappa shape index (κ1) is 13.5. The van der Waals surface area contributed by atoms with Crippen LogP contribution < -0.4 is 0 Å². The van der Waals surface area contributed by atoms with Crippen molar-refractivity contribution in [3.8, 4) is 12.3 Å². The summed E-state index contributed by atoms with van der Waals surface area (Å²) >= 11 is 0. The van der Waals surface area contributed by atoms with Gasteiger partial charge in [-0.05, 0) is 37.3 Å². The molecule has 1 aromatic rings. The van der Waals surface area contributed by atoms with Gasteiger partial charge >= 0.3 is 0 Å². The van der Waals surface area contributed by atoms with E-state index in [9.17, 15) is 13.6 Å². The maximum Gasteiger partial charge on any atom is 0.257 e. The molecule has 2 rings (SSSR count). The van der Waals surface area contributed by atoms with Gasteiger partial charge in [-0.1, -0.05) is 5.92 Å². The number of aryl methyl sites for hydroxylation is 1. The standard InChI is InChI=1S/C15H15F2NO/c1-3-6-18(9-11-4-5-11)15(19)12-7-10(2)13(16)8-14(12)17/h1,7-8,11H,4-6,9H2,2H3. The number of hydrogen-bond acceptors (Lipinski definition) is 1. The van der Waals surface area contributed by atoms with E-state index in [2.05, 4.69) is 5.92 Å². The molecule has 0 heterocycles. The maximum atomic E-state index is 13.7. The van der Waals surface area contributed by atoms with Gasteiger partial charge in [0.15, 0.2) is 0 Å². The Labute approximate surface area is 111 Å². The topological polar surface area (TPSA) is 20.3 Å². The third kappa shape index (κ3) is 3.11. The van der Waals surface area contributed by atoms with Crippen molar-refractivity contribution in [2.24, 2.45) is 5.92 Å². The van der Waals surface area contributed by atoms with Crippen LogP contribution >= 0.6 is 0 Å². The summed E-state index contributed by atoms with van der Waals surface area (Å²) in [5.41, 5.74) is 0.131. The summed E-state index contributed by atoms with van der Waals surface area (Å²) in [7, 11) is 0. The first-order chi connectivity index (χ1) is 9.02. The normalized spacial score (nSPS) is 14.0. The summed E-state index contributed by atoms with van der Waals surface area (Å²) in [5.74, 6) is 0.904. The van der Waals surface area contributed by atoms with Gasteiger partial charge in [-0.2, -0.15) is 0 Å². The van der Waals surface area contributed by atoms with E-state index in [-0.39, 0.29) is 17.7 Å². The highest BCUT2D eigenvalue weighted by Gasteiger charge is 2.28. The predicted molar refractivity (Wildman–Crippen MR) is 68.6 cm³/mol. The molecule has 1 saturated carbocycles. The maximum absolute atomic E-state index is 13.7. The minimum Gasteiger partial charge on any atom is -0.327 e. The van der Waals surface area contributed by atoms with E-state index >= 15 is 0 Å². The van der Waals surface area contributed by atoms with Crippen molar-refractivity contribution in [3.63, 3.8) is 0 Å². The SMILES string of the molecule is C#CCN(CC1CC1)C(=O)c1cc(C)c(F)cc1F. The minimum atomic E-state index is -0.842. The average Bonchev–Trinajstić information content (AvgIpc) is 3.16. The molecule has 0 unspecified atom stereocenters. The van der Waals surface area contributed by atoms with Crippen LogP contribution in [0.3, 0.4) is 0 Å². The van der Waals surface area contributed by atoms with Crippen LogP contribution in [0.1, 0.15) is 28.8 Å². The van der Waals surface area contributed by atoms with Gasteiger partial charge in [-0.25, -0.2) is 8.78 Å². The van der Waals surface area contributed by atoms with Gasteiger partial charge in [-0.15, -0.1) is 6.42 Å². The zero-order chi connectivity index (χ0) is 14.0. The van der Waals surface area contributed by atoms with Crippen LogP contribution in [-0.4, -0.2) is 23.9 Å². The molecule has 0 saturated heterocycles. The summed E-state index contributed by atoms with van der Waals surface area (Å²) in [4.78, 5) is 13.7. The van der Waals surface area contributed by atoms with Crippen LogP contribution in [0.25, 0.3) is 0 Å². The zero-order valence-electron chi connectivity index (χ0n) is 10.7. The fourth-order valence-electron chi connectivity index (χ4n) is 1.93. The van der Waals surface area contributed by atoms with Gasteiger partial charge in [-0.3, -0.25) is 4.79 Å². The molecule has 0 bridgehead atoms. The van der Waals surface area contributed by atoms with E-state index in [0.717, 1.165) is 18.9 Å². The number of hydrogen-bond donors (Lipinski definition) is 0. The van der Waals surface area contributed by atoms with Crippen LogP contribution in [0.5, 0.6) is 0 Å². The first-order valence-corrected chi connectivity index (χ1v) is 6.21. The van der Waals surface area contributed by atoms with Gasteiger partial charge in [0.2, 0.25) is 0 Å². The Hall–Kier alpha value is -1.89. The second-order valence-corrected chi connectivity index (χ2v) is 4.91. The third-order valence-corrected chi connectivity index (χ3v) is 3.22. The lowest BCUT2D eigenvalue weighted by Crippen LogP contribution is -2.34. The molecule has 1 fully saturated rings. The monoisotopic (exact) mass is 263 g/mol. The largest absolute Gasteiger partial charge is 0.327 e. The van der Waals surface area contributed by atoms with Crippen LogP contribution in [0.4, 0.5) is 8.78 Å². The predicted octanol–water partition coefficient (Wildman–Crippen LogP) is 2.76. The highest BCUT2D eigenvalue weighted by atomic mass is 19.1. The van der Waals surface area contributed by atoms with Crippen LogP contribution in [-0.2, 0) is 0 Å². The summed E-state index contributed by atoms with van der Waals surface area (Å²) in [5, 5.41) is 0. The smallest absolute Gasteiger partial charge is 0.257 e. The highest BCUT2D eigenvalue weighted by molar-refractivity contribution is 5.94. The molecule has 4 heteroatoms. The van der Waals surface area contributed by atoms with E-state index in [1.165, 1.54) is 17.9 Å². The van der Waals surface area contributed by atoms with Crippen molar-refractivity contribution in [3.05, 3.63) is 34.9 Å². The second-order valence-electron chi connectivity index (χ2n) is 4.91. The van der Waals surface area contributed by atoms with Gasteiger partial charge in [0.1, 0.15) is 11.6 Å². The molecule has 1 aliphatic carbocycles. The van der Waals surface area contributed by atoms with Gasteiger partial charge in [0.05, 0.1) is 12.1 Å². The second kappa shape index (κ2) is 5.40. The van der Waals surface area contributed by atoms with Crippen molar-refractivity contribution < 1.29 is 13.6 Å². The quantitative estimate of drug-likeness (QED) is 0.765. The van der Waals surface area contributed by atoms with Crippen molar-refractivity contribution >= 4 is 5.91 Å². The molecule has 0 radical (unpaired) electrons. The van der Waals surface area contributed by atoms with Gasteiger partial charge < -0.3 is 4.90 Å². The Balaban J connectivity index is 2.25. The average molecular weight is 263 g/mol. The van der Waals surface area contributed by atoms with Crippen molar-refractivity contribution in [2.75, 3.05) is 13.1 Å². The summed E-state index contributed by atoms with van der Waals surface area (Å²) in [6.45, 7) is 2.18. The Morgan fingerprint density at radius 1 is 1.42 bits per heavy atom. The Bertz CT molecular complexity index is 544. The van der Waals surface area contributed by atoms with E-state index in [1.54, 1.807) is 0 Å².